The van der Waals surface area contributed by atoms with E-state index in [0.29, 0.717) is 28.9 Å². The lowest BCUT2D eigenvalue weighted by Gasteiger charge is -1.96. The predicted octanol–water partition coefficient (Wildman–Crippen LogP) is 2.95. The average Bonchev–Trinajstić information content (AvgIpc) is 3.01. The molecular formula is C12H19Cl2N5OS. The summed E-state index contributed by atoms with van der Waals surface area (Å²) in [5.41, 5.74) is 11.9. The van der Waals surface area contributed by atoms with E-state index in [0.717, 1.165) is 18.0 Å². The van der Waals surface area contributed by atoms with Gasteiger partial charge in [0.15, 0.2) is 15.9 Å². The molecule has 5 N–H and O–H groups in total. The second-order valence-corrected chi connectivity index (χ2v) is 4.90. The number of rotatable bonds is 6. The zero-order chi connectivity index (χ0) is 13.7. The van der Waals surface area contributed by atoms with E-state index in [1.54, 1.807) is 6.34 Å². The zero-order valence-electron chi connectivity index (χ0n) is 11.5. The van der Waals surface area contributed by atoms with E-state index < -0.39 is 0 Å². The summed E-state index contributed by atoms with van der Waals surface area (Å²) in [5.74, 6) is 1.34. The minimum atomic E-state index is 0. The number of furan rings is 1. The molecule has 2 aromatic rings. The fraction of sp³-hybridized carbons (Fsp3) is 0.333. The van der Waals surface area contributed by atoms with Gasteiger partial charge in [0, 0.05) is 6.54 Å². The highest BCUT2D eigenvalue weighted by Gasteiger charge is 2.14. The van der Waals surface area contributed by atoms with Gasteiger partial charge in [0.1, 0.15) is 11.5 Å². The first-order valence-corrected chi connectivity index (χ1v) is 6.87. The van der Waals surface area contributed by atoms with Crippen LogP contribution in [0.2, 0.25) is 0 Å². The van der Waals surface area contributed by atoms with Gasteiger partial charge >= 0.3 is 0 Å². The number of hydrogen-bond acceptors (Lipinski definition) is 6. The number of nitrogen functional groups attached to an aromatic ring is 1. The maximum absolute atomic E-state index is 5.73. The Balaban J connectivity index is 0.00000200. The van der Waals surface area contributed by atoms with Crippen LogP contribution in [-0.2, 0) is 6.54 Å². The Labute approximate surface area is 139 Å². The molecule has 0 aromatic carbocycles. The van der Waals surface area contributed by atoms with Crippen molar-refractivity contribution in [3.05, 3.63) is 17.9 Å². The van der Waals surface area contributed by atoms with Crippen LogP contribution in [0.1, 0.15) is 19.1 Å². The highest BCUT2D eigenvalue weighted by Crippen LogP contribution is 2.37. The fourth-order valence-electron chi connectivity index (χ4n) is 1.50. The molecule has 0 aliphatic rings. The Kier molecular flexibility index (Phi) is 9.03. The quantitative estimate of drug-likeness (QED) is 0.421. The molecule has 21 heavy (non-hydrogen) atoms. The van der Waals surface area contributed by atoms with E-state index in [4.69, 9.17) is 15.9 Å². The Bertz CT molecular complexity index is 570. The monoisotopic (exact) mass is 351 g/mol. The van der Waals surface area contributed by atoms with Gasteiger partial charge in [0.2, 0.25) is 0 Å². The summed E-state index contributed by atoms with van der Waals surface area (Å²) in [5, 5.41) is 4.27. The second kappa shape index (κ2) is 9.62. The molecule has 0 spiro atoms. The molecule has 0 saturated heterocycles. The normalized spacial score (nSPS) is 10.2. The van der Waals surface area contributed by atoms with Crippen LogP contribution in [0.3, 0.4) is 0 Å². The van der Waals surface area contributed by atoms with Crippen LogP contribution < -0.4 is 16.8 Å². The topological polar surface area (TPSA) is 102 Å². The summed E-state index contributed by atoms with van der Waals surface area (Å²) in [7, 11) is 0. The number of hydrogen-bond donors (Lipinski definition) is 3. The van der Waals surface area contributed by atoms with Gasteiger partial charge in [-0.25, -0.2) is 9.98 Å². The lowest BCUT2D eigenvalue weighted by Crippen LogP contribution is -2.10. The smallest absolute Gasteiger partial charge is 0.182 e. The predicted molar refractivity (Wildman–Crippen MR) is 93.1 cm³/mol. The first-order chi connectivity index (χ1) is 9.24. The van der Waals surface area contributed by atoms with E-state index in [2.05, 4.69) is 22.2 Å². The number of aromatic nitrogens is 1. The maximum Gasteiger partial charge on any atom is 0.182 e. The van der Waals surface area contributed by atoms with E-state index in [1.807, 2.05) is 12.1 Å². The van der Waals surface area contributed by atoms with Gasteiger partial charge < -0.3 is 21.2 Å². The molecule has 0 radical (unpaired) electrons. The fourth-order valence-corrected chi connectivity index (χ4v) is 2.19. The molecule has 0 atom stereocenters. The number of aliphatic imine (C=N–C) groups is 1. The molecule has 2 aromatic heterocycles. The third kappa shape index (κ3) is 5.20. The largest absolute Gasteiger partial charge is 0.458 e. The molecule has 0 unspecified atom stereocenters. The van der Waals surface area contributed by atoms with Crippen LogP contribution in [0.5, 0.6) is 0 Å². The summed E-state index contributed by atoms with van der Waals surface area (Å²) in [6, 6.07) is 3.66. The van der Waals surface area contributed by atoms with Crippen molar-refractivity contribution >= 4 is 52.6 Å². The van der Waals surface area contributed by atoms with Crippen LogP contribution in [0.4, 0.5) is 10.1 Å². The van der Waals surface area contributed by atoms with Crippen molar-refractivity contribution in [1.29, 1.82) is 0 Å². The van der Waals surface area contributed by atoms with Gasteiger partial charge in [-0.15, -0.1) is 24.8 Å². The van der Waals surface area contributed by atoms with Gasteiger partial charge in [0.25, 0.3) is 0 Å². The van der Waals surface area contributed by atoms with Crippen LogP contribution in [0.25, 0.3) is 11.5 Å². The summed E-state index contributed by atoms with van der Waals surface area (Å²) < 4.78 is 5.57. The second-order valence-electron chi connectivity index (χ2n) is 3.89. The van der Waals surface area contributed by atoms with Crippen molar-refractivity contribution in [2.24, 2.45) is 10.7 Å². The van der Waals surface area contributed by atoms with Crippen molar-refractivity contribution < 1.29 is 4.42 Å². The number of nitrogens with zero attached hydrogens (tertiary/aromatic N) is 2. The third-order valence-electron chi connectivity index (χ3n) is 2.39. The molecule has 6 nitrogen and oxygen atoms in total. The van der Waals surface area contributed by atoms with E-state index in [9.17, 15) is 0 Å². The highest BCUT2D eigenvalue weighted by atomic mass is 35.5. The Hall–Kier alpha value is -1.28. The van der Waals surface area contributed by atoms with Crippen molar-refractivity contribution in [2.45, 2.75) is 19.9 Å². The molecule has 0 saturated carbocycles. The van der Waals surface area contributed by atoms with Crippen LogP contribution in [0, 0.1) is 0 Å². The number of anilines is 1. The lowest BCUT2D eigenvalue weighted by atomic mass is 10.3. The van der Waals surface area contributed by atoms with Crippen LogP contribution >= 0.6 is 36.2 Å². The van der Waals surface area contributed by atoms with Gasteiger partial charge in [-0.3, -0.25) is 0 Å². The number of halogens is 2. The summed E-state index contributed by atoms with van der Waals surface area (Å²) in [4.78, 5) is 8.57. The molecular weight excluding hydrogens is 333 g/mol. The number of nitrogens with two attached hydrogens (primary N) is 2. The van der Waals surface area contributed by atoms with Gasteiger partial charge in [-0.2, -0.15) is 0 Å². The Morgan fingerprint density at radius 1 is 1.43 bits per heavy atom. The molecule has 0 amide bonds. The molecule has 2 rings (SSSR count). The molecule has 118 valence electrons. The minimum Gasteiger partial charge on any atom is -0.458 e. The van der Waals surface area contributed by atoms with Crippen molar-refractivity contribution in [3.8, 4) is 11.5 Å². The van der Waals surface area contributed by atoms with E-state index in [1.165, 1.54) is 11.3 Å². The minimum absolute atomic E-state index is 0. The van der Waals surface area contributed by atoms with E-state index in [-0.39, 0.29) is 24.8 Å². The van der Waals surface area contributed by atoms with E-state index >= 15 is 0 Å². The van der Waals surface area contributed by atoms with Crippen molar-refractivity contribution in [2.75, 3.05) is 12.3 Å². The Morgan fingerprint density at radius 2 is 2.19 bits per heavy atom. The third-order valence-corrected chi connectivity index (χ3v) is 3.18. The summed E-state index contributed by atoms with van der Waals surface area (Å²) in [6.45, 7) is 3.33. The SMILES string of the molecule is CCCNC=Nc1sc(N)nc1-c1ccc(CN)o1.Cl.Cl. The van der Waals surface area contributed by atoms with Gasteiger partial charge in [0.05, 0.1) is 12.9 Å². The number of thiazole rings is 1. The zero-order valence-corrected chi connectivity index (χ0v) is 14.0. The highest BCUT2D eigenvalue weighted by molar-refractivity contribution is 7.19. The van der Waals surface area contributed by atoms with Gasteiger partial charge in [-0.1, -0.05) is 18.3 Å². The Morgan fingerprint density at radius 3 is 2.81 bits per heavy atom. The maximum atomic E-state index is 5.73. The molecule has 9 heteroatoms. The average molecular weight is 352 g/mol. The van der Waals surface area contributed by atoms with Gasteiger partial charge in [-0.05, 0) is 18.6 Å². The summed E-state index contributed by atoms with van der Waals surface area (Å²) in [6.07, 6.45) is 2.70. The first-order valence-electron chi connectivity index (χ1n) is 6.06. The summed E-state index contributed by atoms with van der Waals surface area (Å²) >= 11 is 1.32. The lowest BCUT2D eigenvalue weighted by molar-refractivity contribution is 0.524. The van der Waals surface area contributed by atoms with Crippen molar-refractivity contribution in [3.63, 3.8) is 0 Å². The van der Waals surface area contributed by atoms with Crippen molar-refractivity contribution in [1.82, 2.24) is 10.3 Å². The standard InChI is InChI=1S/C12H17N5OS.2ClH/c1-2-5-15-7-16-11-10(17-12(14)19-11)9-4-3-8(6-13)18-9;;/h3-4,7H,2,5-6,13H2,1H3,(H2,14,17)(H,15,16);2*1H. The molecule has 0 aliphatic carbocycles. The molecule has 2 heterocycles. The molecule has 0 bridgehead atoms. The van der Waals surface area contributed by atoms with Crippen LogP contribution in [0.15, 0.2) is 21.5 Å². The first kappa shape index (κ1) is 19.7. The van der Waals surface area contributed by atoms with Crippen LogP contribution in [-0.4, -0.2) is 17.9 Å². The molecule has 0 aliphatic heterocycles. The molecule has 0 fully saturated rings. The number of nitrogens with one attached hydrogen (secondary N) is 1.